The first-order valence-electron chi connectivity index (χ1n) is 3.53. The van der Waals surface area contributed by atoms with E-state index in [2.05, 4.69) is 4.90 Å². The Morgan fingerprint density at radius 3 is 2.18 bits per heavy atom. The second-order valence-electron chi connectivity index (χ2n) is 3.15. The molecule has 1 aliphatic rings. The lowest BCUT2D eigenvalue weighted by Crippen LogP contribution is -2.57. The Kier molecular flexibility index (Phi) is 2.22. The molecule has 0 aromatic heterocycles. The quantitative estimate of drug-likeness (QED) is 0.555. The van der Waals surface area contributed by atoms with E-state index in [1.165, 1.54) is 10.6 Å². The summed E-state index contributed by atoms with van der Waals surface area (Å²) in [6.07, 6.45) is 1.24. The third-order valence-corrected chi connectivity index (χ3v) is 3.43. The van der Waals surface area contributed by atoms with Crippen molar-refractivity contribution in [1.29, 1.82) is 0 Å². The molecule has 11 heavy (non-hydrogen) atoms. The van der Waals surface area contributed by atoms with Crippen molar-refractivity contribution in [2.75, 3.05) is 33.4 Å². The summed E-state index contributed by atoms with van der Waals surface area (Å²) >= 11 is 0. The van der Waals surface area contributed by atoms with E-state index in [9.17, 15) is 8.42 Å². The molecule has 1 saturated heterocycles. The standard InChI is InChI=1S/C6H14N2O2S/c1-7-4-6(5-7)8(2)11(3,9)10/h6H,4-5H2,1-3H3. The molecule has 5 heteroatoms. The normalized spacial score (nSPS) is 22.2. The van der Waals surface area contributed by atoms with Gasteiger partial charge in [0.05, 0.1) is 6.26 Å². The number of likely N-dealkylation sites (N-methyl/N-ethyl adjacent to an activating group) is 2. The van der Waals surface area contributed by atoms with Crippen molar-refractivity contribution in [1.82, 2.24) is 9.21 Å². The van der Waals surface area contributed by atoms with Crippen molar-refractivity contribution in [3.05, 3.63) is 0 Å². The van der Waals surface area contributed by atoms with Gasteiger partial charge in [-0.25, -0.2) is 8.42 Å². The average molecular weight is 178 g/mol. The Bertz CT molecular complexity index is 231. The van der Waals surface area contributed by atoms with Crippen LogP contribution in [0.4, 0.5) is 0 Å². The van der Waals surface area contributed by atoms with Gasteiger partial charge in [0.1, 0.15) is 0 Å². The molecule has 66 valence electrons. The summed E-state index contributed by atoms with van der Waals surface area (Å²) in [5.41, 5.74) is 0. The third kappa shape index (κ3) is 1.91. The highest BCUT2D eigenvalue weighted by molar-refractivity contribution is 7.88. The van der Waals surface area contributed by atoms with E-state index in [0.717, 1.165) is 13.1 Å². The number of rotatable bonds is 2. The number of hydrogen-bond donors (Lipinski definition) is 0. The predicted molar refractivity (Wildman–Crippen MR) is 43.9 cm³/mol. The Balaban J connectivity index is 2.51. The fourth-order valence-electron chi connectivity index (χ4n) is 1.17. The maximum atomic E-state index is 11.0. The number of likely N-dealkylation sites (tertiary alicyclic amines) is 1. The zero-order chi connectivity index (χ0) is 8.65. The van der Waals surface area contributed by atoms with Gasteiger partial charge in [0.2, 0.25) is 10.0 Å². The van der Waals surface area contributed by atoms with Crippen LogP contribution in [-0.2, 0) is 10.0 Å². The molecule has 0 unspecified atom stereocenters. The zero-order valence-corrected chi connectivity index (χ0v) is 7.93. The molecular formula is C6H14N2O2S. The van der Waals surface area contributed by atoms with Crippen molar-refractivity contribution in [3.8, 4) is 0 Å². The monoisotopic (exact) mass is 178 g/mol. The molecule has 0 amide bonds. The Labute approximate surface area is 67.8 Å². The minimum Gasteiger partial charge on any atom is -0.303 e. The van der Waals surface area contributed by atoms with Crippen LogP contribution in [0.2, 0.25) is 0 Å². The highest BCUT2D eigenvalue weighted by Crippen LogP contribution is 2.12. The van der Waals surface area contributed by atoms with Crippen molar-refractivity contribution >= 4 is 10.0 Å². The molecule has 0 aliphatic carbocycles. The topological polar surface area (TPSA) is 40.6 Å². The van der Waals surface area contributed by atoms with Gasteiger partial charge in [0.25, 0.3) is 0 Å². The molecule has 4 nitrogen and oxygen atoms in total. The molecule has 0 saturated carbocycles. The highest BCUT2D eigenvalue weighted by atomic mass is 32.2. The zero-order valence-electron chi connectivity index (χ0n) is 7.11. The van der Waals surface area contributed by atoms with Crippen LogP contribution in [0.1, 0.15) is 0 Å². The van der Waals surface area contributed by atoms with Gasteiger partial charge < -0.3 is 4.90 Å². The van der Waals surface area contributed by atoms with Crippen molar-refractivity contribution in [2.24, 2.45) is 0 Å². The maximum Gasteiger partial charge on any atom is 0.211 e. The van der Waals surface area contributed by atoms with Gasteiger partial charge in [-0.3, -0.25) is 0 Å². The van der Waals surface area contributed by atoms with Crippen LogP contribution in [-0.4, -0.2) is 57.1 Å². The van der Waals surface area contributed by atoms with Gasteiger partial charge in [0.15, 0.2) is 0 Å². The summed E-state index contributed by atoms with van der Waals surface area (Å²) in [6, 6.07) is 0.190. The first-order valence-corrected chi connectivity index (χ1v) is 5.37. The second-order valence-corrected chi connectivity index (χ2v) is 5.20. The molecular weight excluding hydrogens is 164 g/mol. The van der Waals surface area contributed by atoms with Gasteiger partial charge in [-0.15, -0.1) is 0 Å². The van der Waals surface area contributed by atoms with E-state index in [-0.39, 0.29) is 6.04 Å². The molecule has 0 bridgehead atoms. The average Bonchev–Trinajstić information content (AvgIpc) is 1.77. The molecule has 0 aromatic rings. The van der Waals surface area contributed by atoms with Crippen molar-refractivity contribution in [2.45, 2.75) is 6.04 Å². The molecule has 1 rings (SSSR count). The fourth-order valence-corrected chi connectivity index (χ4v) is 1.84. The number of hydrogen-bond acceptors (Lipinski definition) is 3. The predicted octanol–water partition coefficient (Wildman–Crippen LogP) is -0.808. The fraction of sp³-hybridized carbons (Fsp3) is 1.00. The highest BCUT2D eigenvalue weighted by Gasteiger charge is 2.31. The minimum atomic E-state index is -2.98. The van der Waals surface area contributed by atoms with E-state index in [4.69, 9.17) is 0 Å². The summed E-state index contributed by atoms with van der Waals surface area (Å²) in [6.45, 7) is 1.70. The van der Waals surface area contributed by atoms with Crippen LogP contribution in [0.5, 0.6) is 0 Å². The molecule has 0 aromatic carbocycles. The Morgan fingerprint density at radius 2 is 1.91 bits per heavy atom. The maximum absolute atomic E-state index is 11.0. The van der Waals surface area contributed by atoms with Gasteiger partial charge in [0, 0.05) is 26.2 Å². The van der Waals surface area contributed by atoms with E-state index < -0.39 is 10.0 Å². The van der Waals surface area contributed by atoms with Gasteiger partial charge in [-0.05, 0) is 7.05 Å². The summed E-state index contributed by atoms with van der Waals surface area (Å²) in [5, 5.41) is 0. The van der Waals surface area contributed by atoms with Crippen LogP contribution in [0, 0.1) is 0 Å². The summed E-state index contributed by atoms with van der Waals surface area (Å²) < 4.78 is 23.4. The SMILES string of the molecule is CN1CC(N(C)S(C)(=O)=O)C1. The molecule has 0 spiro atoms. The van der Waals surface area contributed by atoms with Crippen molar-refractivity contribution < 1.29 is 8.42 Å². The molecule has 1 aliphatic heterocycles. The summed E-state index contributed by atoms with van der Waals surface area (Å²) in [7, 11) is 0.631. The first-order chi connectivity index (χ1) is 4.91. The van der Waals surface area contributed by atoms with Crippen LogP contribution in [0.15, 0.2) is 0 Å². The van der Waals surface area contributed by atoms with Crippen molar-refractivity contribution in [3.63, 3.8) is 0 Å². The Morgan fingerprint density at radius 1 is 1.45 bits per heavy atom. The smallest absolute Gasteiger partial charge is 0.211 e. The molecule has 1 fully saturated rings. The van der Waals surface area contributed by atoms with Crippen LogP contribution >= 0.6 is 0 Å². The Hall–Kier alpha value is -0.130. The van der Waals surface area contributed by atoms with Crippen LogP contribution in [0.25, 0.3) is 0 Å². The largest absolute Gasteiger partial charge is 0.303 e. The number of nitrogens with zero attached hydrogens (tertiary/aromatic N) is 2. The first kappa shape index (κ1) is 8.96. The third-order valence-electron chi connectivity index (χ3n) is 2.08. The number of sulfonamides is 1. The molecule has 0 N–H and O–H groups in total. The minimum absolute atomic E-state index is 0.190. The van der Waals surface area contributed by atoms with Crippen LogP contribution in [0.3, 0.4) is 0 Å². The lowest BCUT2D eigenvalue weighted by molar-refractivity contribution is 0.119. The lowest BCUT2D eigenvalue weighted by Gasteiger charge is -2.40. The van der Waals surface area contributed by atoms with E-state index in [0.29, 0.717) is 0 Å². The van der Waals surface area contributed by atoms with E-state index in [1.807, 2.05) is 7.05 Å². The van der Waals surface area contributed by atoms with Gasteiger partial charge >= 0.3 is 0 Å². The van der Waals surface area contributed by atoms with Gasteiger partial charge in [-0.1, -0.05) is 0 Å². The second kappa shape index (κ2) is 2.73. The van der Waals surface area contributed by atoms with E-state index in [1.54, 1.807) is 7.05 Å². The molecule has 1 heterocycles. The van der Waals surface area contributed by atoms with E-state index >= 15 is 0 Å². The summed E-state index contributed by atoms with van der Waals surface area (Å²) in [5.74, 6) is 0. The van der Waals surface area contributed by atoms with Crippen LogP contribution < -0.4 is 0 Å². The lowest BCUT2D eigenvalue weighted by atomic mass is 10.1. The summed E-state index contributed by atoms with van der Waals surface area (Å²) in [4.78, 5) is 2.09. The molecule has 0 atom stereocenters. The molecule has 0 radical (unpaired) electrons. The van der Waals surface area contributed by atoms with Gasteiger partial charge in [-0.2, -0.15) is 4.31 Å².